The zero-order valence-corrected chi connectivity index (χ0v) is 11.3. The summed E-state index contributed by atoms with van der Waals surface area (Å²) < 4.78 is 9.96. The Labute approximate surface area is 103 Å². The molecule has 0 aliphatic rings. The van der Waals surface area contributed by atoms with Crippen molar-refractivity contribution in [1.82, 2.24) is 4.90 Å². The van der Waals surface area contributed by atoms with Crippen molar-refractivity contribution in [2.24, 2.45) is 5.41 Å². The lowest BCUT2D eigenvalue weighted by Crippen LogP contribution is -2.44. The summed E-state index contributed by atoms with van der Waals surface area (Å²) in [6.07, 6.45) is 0. The van der Waals surface area contributed by atoms with Crippen molar-refractivity contribution in [3.05, 3.63) is 0 Å². The van der Waals surface area contributed by atoms with Crippen molar-refractivity contribution >= 4 is 17.5 Å². The average Bonchev–Trinajstić information content (AvgIpc) is 2.28. The summed E-state index contributed by atoms with van der Waals surface area (Å²) in [7, 11) is 3.23. The first-order valence-electron chi connectivity index (χ1n) is 5.32. The van der Waals surface area contributed by atoms with Crippen LogP contribution >= 0.6 is 11.6 Å². The van der Waals surface area contributed by atoms with E-state index in [0.717, 1.165) is 0 Å². The molecular formula is C11H22ClNO3. The molecule has 0 aliphatic carbocycles. The number of hydrogen-bond donors (Lipinski definition) is 0. The van der Waals surface area contributed by atoms with Crippen LogP contribution < -0.4 is 0 Å². The molecule has 0 bridgehead atoms. The highest BCUT2D eigenvalue weighted by atomic mass is 35.5. The van der Waals surface area contributed by atoms with Gasteiger partial charge in [0, 0.05) is 33.2 Å². The van der Waals surface area contributed by atoms with Crippen molar-refractivity contribution in [3.63, 3.8) is 0 Å². The van der Waals surface area contributed by atoms with Crippen LogP contribution in [0.3, 0.4) is 0 Å². The molecule has 0 saturated carbocycles. The van der Waals surface area contributed by atoms with Gasteiger partial charge in [0.05, 0.1) is 18.6 Å². The Morgan fingerprint density at radius 1 is 1.19 bits per heavy atom. The largest absolute Gasteiger partial charge is 0.383 e. The molecule has 4 nitrogen and oxygen atoms in total. The predicted octanol–water partition coefficient (Wildman–Crippen LogP) is 1.37. The SMILES string of the molecule is COCCN(CCOC)C(=O)C(C)(C)CCl. The van der Waals surface area contributed by atoms with Crippen molar-refractivity contribution in [2.75, 3.05) is 46.4 Å². The number of amides is 1. The van der Waals surface area contributed by atoms with Crippen molar-refractivity contribution < 1.29 is 14.3 Å². The van der Waals surface area contributed by atoms with Gasteiger partial charge in [0.1, 0.15) is 0 Å². The Morgan fingerprint density at radius 3 is 1.94 bits per heavy atom. The Hall–Kier alpha value is -0.320. The van der Waals surface area contributed by atoms with Gasteiger partial charge in [0.2, 0.25) is 5.91 Å². The lowest BCUT2D eigenvalue weighted by atomic mass is 9.94. The van der Waals surface area contributed by atoms with Gasteiger partial charge in [-0.2, -0.15) is 0 Å². The standard InChI is InChI=1S/C11H22ClNO3/c1-11(2,9-12)10(14)13(5-7-15-3)6-8-16-4/h5-9H2,1-4H3. The minimum atomic E-state index is -0.539. The number of nitrogens with zero attached hydrogens (tertiary/aromatic N) is 1. The smallest absolute Gasteiger partial charge is 0.229 e. The quantitative estimate of drug-likeness (QED) is 0.612. The molecule has 0 spiro atoms. The Kier molecular flexibility index (Phi) is 7.72. The maximum Gasteiger partial charge on any atom is 0.229 e. The van der Waals surface area contributed by atoms with Crippen LogP contribution in [0.25, 0.3) is 0 Å². The molecule has 0 aliphatic heterocycles. The van der Waals surface area contributed by atoms with E-state index in [0.29, 0.717) is 32.2 Å². The summed E-state index contributed by atoms with van der Waals surface area (Å²) >= 11 is 5.79. The number of alkyl halides is 1. The van der Waals surface area contributed by atoms with Gasteiger partial charge < -0.3 is 14.4 Å². The van der Waals surface area contributed by atoms with Gasteiger partial charge in [-0.3, -0.25) is 4.79 Å². The highest BCUT2D eigenvalue weighted by Gasteiger charge is 2.30. The van der Waals surface area contributed by atoms with Gasteiger partial charge in [-0.05, 0) is 13.8 Å². The Balaban J connectivity index is 4.42. The van der Waals surface area contributed by atoms with Crippen LogP contribution in [0.15, 0.2) is 0 Å². The van der Waals surface area contributed by atoms with Crippen molar-refractivity contribution in [2.45, 2.75) is 13.8 Å². The van der Waals surface area contributed by atoms with E-state index in [1.807, 2.05) is 13.8 Å². The molecule has 1 amide bonds. The monoisotopic (exact) mass is 251 g/mol. The maximum absolute atomic E-state index is 12.1. The molecule has 0 aromatic rings. The first kappa shape index (κ1) is 15.7. The third kappa shape index (κ3) is 5.14. The number of carbonyl (C=O) groups excluding carboxylic acids is 1. The van der Waals surface area contributed by atoms with Crippen LogP contribution in [0.2, 0.25) is 0 Å². The number of methoxy groups -OCH3 is 2. The van der Waals surface area contributed by atoms with E-state index >= 15 is 0 Å². The van der Waals surface area contributed by atoms with Gasteiger partial charge >= 0.3 is 0 Å². The van der Waals surface area contributed by atoms with Crippen LogP contribution in [-0.4, -0.2) is 57.2 Å². The summed E-state index contributed by atoms with van der Waals surface area (Å²) in [4.78, 5) is 13.9. The van der Waals surface area contributed by atoms with Crippen LogP contribution in [-0.2, 0) is 14.3 Å². The van der Waals surface area contributed by atoms with Gasteiger partial charge in [0.25, 0.3) is 0 Å². The molecule has 0 saturated heterocycles. The van der Waals surface area contributed by atoms with Crippen LogP contribution in [0, 0.1) is 5.41 Å². The van der Waals surface area contributed by atoms with Gasteiger partial charge in [-0.15, -0.1) is 11.6 Å². The van der Waals surface area contributed by atoms with E-state index in [1.54, 1.807) is 19.1 Å². The topological polar surface area (TPSA) is 38.8 Å². The summed E-state index contributed by atoms with van der Waals surface area (Å²) in [5, 5.41) is 0. The summed E-state index contributed by atoms with van der Waals surface area (Å²) in [5.74, 6) is 0.346. The first-order valence-corrected chi connectivity index (χ1v) is 5.86. The molecule has 0 N–H and O–H groups in total. The van der Waals surface area contributed by atoms with Crippen LogP contribution in [0.1, 0.15) is 13.8 Å². The number of ether oxygens (including phenoxy) is 2. The molecule has 0 radical (unpaired) electrons. The molecule has 0 fully saturated rings. The van der Waals surface area contributed by atoms with Crippen molar-refractivity contribution in [3.8, 4) is 0 Å². The van der Waals surface area contributed by atoms with E-state index in [9.17, 15) is 4.79 Å². The number of carbonyl (C=O) groups is 1. The molecule has 0 atom stereocenters. The second kappa shape index (κ2) is 7.87. The zero-order chi connectivity index (χ0) is 12.6. The average molecular weight is 252 g/mol. The van der Waals surface area contributed by atoms with E-state index in [4.69, 9.17) is 21.1 Å². The molecule has 0 aromatic carbocycles. The number of rotatable bonds is 8. The molecule has 96 valence electrons. The third-order valence-corrected chi connectivity index (χ3v) is 3.00. The summed E-state index contributed by atoms with van der Waals surface area (Å²) in [5.41, 5.74) is -0.539. The molecule has 0 unspecified atom stereocenters. The second-order valence-electron chi connectivity index (χ2n) is 4.30. The Morgan fingerprint density at radius 2 is 1.62 bits per heavy atom. The lowest BCUT2D eigenvalue weighted by Gasteiger charge is -2.30. The van der Waals surface area contributed by atoms with Gasteiger partial charge in [-0.25, -0.2) is 0 Å². The molecule has 5 heteroatoms. The molecule has 0 aromatic heterocycles. The normalized spacial score (nSPS) is 11.6. The van der Waals surface area contributed by atoms with Crippen molar-refractivity contribution in [1.29, 1.82) is 0 Å². The Bertz CT molecular complexity index is 201. The summed E-state index contributed by atoms with van der Waals surface area (Å²) in [6, 6.07) is 0. The highest BCUT2D eigenvalue weighted by Crippen LogP contribution is 2.20. The third-order valence-electron chi connectivity index (χ3n) is 2.33. The minimum Gasteiger partial charge on any atom is -0.383 e. The number of halogens is 1. The lowest BCUT2D eigenvalue weighted by molar-refractivity contribution is -0.140. The molecule has 16 heavy (non-hydrogen) atoms. The van der Waals surface area contributed by atoms with Gasteiger partial charge in [0.15, 0.2) is 0 Å². The minimum absolute atomic E-state index is 0.0385. The van der Waals surface area contributed by atoms with E-state index in [1.165, 1.54) is 0 Å². The van der Waals surface area contributed by atoms with E-state index in [-0.39, 0.29) is 5.91 Å². The highest BCUT2D eigenvalue weighted by molar-refractivity contribution is 6.19. The summed E-state index contributed by atoms with van der Waals surface area (Å²) in [6.45, 7) is 5.86. The second-order valence-corrected chi connectivity index (χ2v) is 4.56. The van der Waals surface area contributed by atoms with Crippen LogP contribution in [0.4, 0.5) is 0 Å². The molecule has 0 rings (SSSR count). The maximum atomic E-state index is 12.1. The van der Waals surface area contributed by atoms with E-state index < -0.39 is 5.41 Å². The molecule has 0 heterocycles. The number of hydrogen-bond acceptors (Lipinski definition) is 3. The van der Waals surface area contributed by atoms with Crippen LogP contribution in [0.5, 0.6) is 0 Å². The fourth-order valence-corrected chi connectivity index (χ4v) is 1.32. The van der Waals surface area contributed by atoms with Gasteiger partial charge in [-0.1, -0.05) is 0 Å². The fourth-order valence-electron chi connectivity index (χ4n) is 1.20. The molecular weight excluding hydrogens is 230 g/mol. The predicted molar refractivity (Wildman–Crippen MR) is 64.8 cm³/mol. The zero-order valence-electron chi connectivity index (χ0n) is 10.6. The van der Waals surface area contributed by atoms with E-state index in [2.05, 4.69) is 0 Å². The first-order chi connectivity index (χ1) is 7.49. The fraction of sp³-hybridized carbons (Fsp3) is 0.909.